The Hall–Kier alpha value is -3.74. The normalized spacial score (nSPS) is 10.7. The van der Waals surface area contributed by atoms with E-state index in [4.69, 9.17) is 4.74 Å². The SMILES string of the molecule is O=C(Nc1cccc(OCc2ccc(F)cc2)c1)c1ccc2nncn2c1. The first kappa shape index (κ1) is 16.7. The fraction of sp³-hybridized carbons (Fsp3) is 0.0500. The summed E-state index contributed by atoms with van der Waals surface area (Å²) < 4.78 is 20.3. The molecule has 0 unspecified atom stereocenters. The molecular formula is C20H15FN4O2. The molecule has 6 nitrogen and oxygen atoms in total. The quantitative estimate of drug-likeness (QED) is 0.588. The predicted molar refractivity (Wildman–Crippen MR) is 98.1 cm³/mol. The fourth-order valence-corrected chi connectivity index (χ4v) is 2.58. The van der Waals surface area contributed by atoms with Gasteiger partial charge < -0.3 is 10.1 Å². The van der Waals surface area contributed by atoms with Crippen molar-refractivity contribution in [3.63, 3.8) is 0 Å². The van der Waals surface area contributed by atoms with Crippen LogP contribution >= 0.6 is 0 Å². The van der Waals surface area contributed by atoms with Crippen molar-refractivity contribution in [2.24, 2.45) is 0 Å². The molecule has 2 heterocycles. The highest BCUT2D eigenvalue weighted by atomic mass is 19.1. The van der Waals surface area contributed by atoms with E-state index in [9.17, 15) is 9.18 Å². The van der Waals surface area contributed by atoms with Crippen LogP contribution in [-0.2, 0) is 6.61 Å². The van der Waals surface area contributed by atoms with E-state index in [1.165, 1.54) is 18.5 Å². The summed E-state index contributed by atoms with van der Waals surface area (Å²) in [5, 5.41) is 10.5. The number of nitrogens with zero attached hydrogens (tertiary/aromatic N) is 3. The van der Waals surface area contributed by atoms with Crippen LogP contribution < -0.4 is 10.1 Å². The predicted octanol–water partition coefficient (Wildman–Crippen LogP) is 3.70. The van der Waals surface area contributed by atoms with Gasteiger partial charge in [-0.3, -0.25) is 9.20 Å². The van der Waals surface area contributed by atoms with Crippen LogP contribution in [0.1, 0.15) is 15.9 Å². The van der Waals surface area contributed by atoms with Crippen LogP contribution in [0.5, 0.6) is 5.75 Å². The molecule has 1 N–H and O–H groups in total. The number of ether oxygens (including phenoxy) is 1. The molecule has 4 aromatic rings. The second-order valence-electron chi connectivity index (χ2n) is 5.91. The summed E-state index contributed by atoms with van der Waals surface area (Å²) in [4.78, 5) is 12.5. The van der Waals surface area contributed by atoms with Crippen molar-refractivity contribution < 1.29 is 13.9 Å². The molecule has 0 saturated carbocycles. The molecule has 2 aromatic heterocycles. The van der Waals surface area contributed by atoms with E-state index >= 15 is 0 Å². The smallest absolute Gasteiger partial charge is 0.257 e. The van der Waals surface area contributed by atoms with E-state index < -0.39 is 0 Å². The zero-order valence-electron chi connectivity index (χ0n) is 14.2. The van der Waals surface area contributed by atoms with Gasteiger partial charge in [0.15, 0.2) is 5.65 Å². The molecule has 2 aromatic carbocycles. The van der Waals surface area contributed by atoms with Crippen LogP contribution in [0.3, 0.4) is 0 Å². The van der Waals surface area contributed by atoms with Crippen LogP contribution in [-0.4, -0.2) is 20.5 Å². The average Bonchev–Trinajstić information content (AvgIpc) is 3.16. The molecule has 0 spiro atoms. The Bertz CT molecular complexity index is 1090. The number of benzene rings is 2. The maximum absolute atomic E-state index is 12.9. The molecule has 4 rings (SSSR count). The summed E-state index contributed by atoms with van der Waals surface area (Å²) in [7, 11) is 0. The molecule has 134 valence electrons. The van der Waals surface area contributed by atoms with Crippen molar-refractivity contribution in [1.82, 2.24) is 14.6 Å². The van der Waals surface area contributed by atoms with Crippen molar-refractivity contribution in [3.05, 3.63) is 90.1 Å². The van der Waals surface area contributed by atoms with E-state index in [0.717, 1.165) is 5.56 Å². The molecule has 0 bridgehead atoms. The third-order valence-corrected chi connectivity index (χ3v) is 3.96. The number of nitrogens with one attached hydrogen (secondary N) is 1. The highest BCUT2D eigenvalue weighted by Crippen LogP contribution is 2.19. The summed E-state index contributed by atoms with van der Waals surface area (Å²) in [6.07, 6.45) is 3.20. The number of pyridine rings is 1. The average molecular weight is 362 g/mol. The van der Waals surface area contributed by atoms with Gasteiger partial charge in [0.25, 0.3) is 5.91 Å². The number of carbonyl (C=O) groups is 1. The molecule has 0 fully saturated rings. The van der Waals surface area contributed by atoms with Gasteiger partial charge in [0.1, 0.15) is 24.5 Å². The molecule has 0 aliphatic rings. The van der Waals surface area contributed by atoms with Crippen LogP contribution in [0.4, 0.5) is 10.1 Å². The van der Waals surface area contributed by atoms with E-state index in [1.807, 2.05) is 0 Å². The first-order chi connectivity index (χ1) is 13.2. The van der Waals surface area contributed by atoms with Crippen LogP contribution in [0.25, 0.3) is 5.65 Å². The van der Waals surface area contributed by atoms with Crippen molar-refractivity contribution in [1.29, 1.82) is 0 Å². The van der Waals surface area contributed by atoms with Crippen molar-refractivity contribution in [3.8, 4) is 5.75 Å². The number of hydrogen-bond donors (Lipinski definition) is 1. The van der Waals surface area contributed by atoms with Crippen LogP contribution in [0.2, 0.25) is 0 Å². The second-order valence-corrected chi connectivity index (χ2v) is 5.91. The van der Waals surface area contributed by atoms with E-state index in [-0.39, 0.29) is 11.7 Å². The molecule has 1 amide bonds. The first-order valence-electron chi connectivity index (χ1n) is 8.25. The highest BCUT2D eigenvalue weighted by Gasteiger charge is 2.08. The van der Waals surface area contributed by atoms with Crippen LogP contribution in [0, 0.1) is 5.82 Å². The third kappa shape index (κ3) is 3.92. The van der Waals surface area contributed by atoms with Gasteiger partial charge in [-0.15, -0.1) is 10.2 Å². The Morgan fingerprint density at radius 2 is 1.96 bits per heavy atom. The number of aromatic nitrogens is 3. The summed E-state index contributed by atoms with van der Waals surface area (Å²) in [6.45, 7) is 0.308. The molecule has 7 heteroatoms. The highest BCUT2D eigenvalue weighted by molar-refractivity contribution is 6.04. The molecule has 27 heavy (non-hydrogen) atoms. The molecule has 0 aliphatic heterocycles. The van der Waals surface area contributed by atoms with E-state index in [1.54, 1.807) is 59.1 Å². The van der Waals surface area contributed by atoms with Gasteiger partial charge in [-0.2, -0.15) is 0 Å². The Morgan fingerprint density at radius 1 is 1.11 bits per heavy atom. The molecule has 0 saturated heterocycles. The largest absolute Gasteiger partial charge is 0.489 e. The van der Waals surface area contributed by atoms with E-state index in [2.05, 4.69) is 15.5 Å². The zero-order valence-corrected chi connectivity index (χ0v) is 14.2. The minimum absolute atomic E-state index is 0.249. The summed E-state index contributed by atoms with van der Waals surface area (Å²) >= 11 is 0. The Labute approximate surface area is 154 Å². The van der Waals surface area contributed by atoms with Crippen molar-refractivity contribution in [2.45, 2.75) is 6.61 Å². The lowest BCUT2D eigenvalue weighted by molar-refractivity contribution is 0.102. The fourth-order valence-electron chi connectivity index (χ4n) is 2.58. The lowest BCUT2D eigenvalue weighted by atomic mass is 10.2. The summed E-state index contributed by atoms with van der Waals surface area (Å²) in [6, 6.07) is 16.6. The van der Waals surface area contributed by atoms with E-state index in [0.29, 0.717) is 29.3 Å². The van der Waals surface area contributed by atoms with Crippen molar-refractivity contribution in [2.75, 3.05) is 5.32 Å². The molecule has 0 radical (unpaired) electrons. The lowest BCUT2D eigenvalue weighted by Crippen LogP contribution is -2.12. The lowest BCUT2D eigenvalue weighted by Gasteiger charge is -2.09. The van der Waals surface area contributed by atoms with Gasteiger partial charge in [-0.1, -0.05) is 18.2 Å². The molecular weight excluding hydrogens is 347 g/mol. The number of hydrogen-bond acceptors (Lipinski definition) is 4. The number of rotatable bonds is 5. The number of carbonyl (C=O) groups excluding carboxylic acids is 1. The maximum atomic E-state index is 12.9. The Kier molecular flexibility index (Phi) is 4.49. The topological polar surface area (TPSA) is 68.5 Å². The van der Waals surface area contributed by atoms with Gasteiger partial charge in [0.05, 0.1) is 5.56 Å². The number of amides is 1. The standard InChI is InChI=1S/C20H15FN4O2/c21-16-7-4-14(5-8-16)12-27-18-3-1-2-17(10-18)23-20(26)15-6-9-19-24-22-13-25(19)11-15/h1-11,13H,12H2,(H,23,26). The minimum atomic E-state index is -0.284. The molecule has 0 atom stereocenters. The zero-order chi connectivity index (χ0) is 18.6. The Morgan fingerprint density at radius 3 is 2.81 bits per heavy atom. The van der Waals surface area contributed by atoms with Gasteiger partial charge in [-0.25, -0.2) is 4.39 Å². The Balaban J connectivity index is 1.43. The minimum Gasteiger partial charge on any atom is -0.489 e. The number of anilines is 1. The third-order valence-electron chi connectivity index (χ3n) is 3.96. The number of fused-ring (bicyclic) bond motifs is 1. The van der Waals surface area contributed by atoms with Gasteiger partial charge >= 0.3 is 0 Å². The van der Waals surface area contributed by atoms with Gasteiger partial charge in [0.2, 0.25) is 0 Å². The van der Waals surface area contributed by atoms with Gasteiger partial charge in [0, 0.05) is 18.0 Å². The second kappa shape index (κ2) is 7.25. The number of halogens is 1. The molecule has 0 aliphatic carbocycles. The van der Waals surface area contributed by atoms with Crippen LogP contribution in [0.15, 0.2) is 73.2 Å². The monoisotopic (exact) mass is 362 g/mol. The van der Waals surface area contributed by atoms with Crippen molar-refractivity contribution >= 4 is 17.2 Å². The summed E-state index contributed by atoms with van der Waals surface area (Å²) in [5.74, 6) is 0.0702. The first-order valence-corrected chi connectivity index (χ1v) is 8.25. The van der Waals surface area contributed by atoms with Gasteiger partial charge in [-0.05, 0) is 42.0 Å². The maximum Gasteiger partial charge on any atom is 0.257 e. The summed E-state index contributed by atoms with van der Waals surface area (Å²) in [5.41, 5.74) is 2.62.